The zero-order chi connectivity index (χ0) is 9.90. The van der Waals surface area contributed by atoms with Gasteiger partial charge < -0.3 is 10.2 Å². The van der Waals surface area contributed by atoms with Crippen LogP contribution in [0.4, 0.5) is 0 Å². The van der Waals surface area contributed by atoms with Crippen LogP contribution in [0.3, 0.4) is 0 Å². The molecule has 0 saturated heterocycles. The molecule has 13 heavy (non-hydrogen) atoms. The lowest BCUT2D eigenvalue weighted by molar-refractivity contribution is 0.175. The fourth-order valence-electron chi connectivity index (χ4n) is 1.07. The van der Waals surface area contributed by atoms with E-state index in [1.807, 2.05) is 6.21 Å². The summed E-state index contributed by atoms with van der Waals surface area (Å²) in [4.78, 5) is 5.05. The van der Waals surface area contributed by atoms with Crippen molar-refractivity contribution in [2.45, 2.75) is 18.6 Å². The topological polar surface area (TPSA) is 52.8 Å². The molecule has 74 valence electrons. The van der Waals surface area contributed by atoms with Gasteiger partial charge in [-0.3, -0.25) is 4.99 Å². The minimum absolute atomic E-state index is 0.0269. The van der Waals surface area contributed by atoms with E-state index >= 15 is 0 Å². The molecule has 0 radical (unpaired) electrons. The number of hydrogen-bond acceptors (Lipinski definition) is 4. The lowest BCUT2D eigenvalue weighted by Crippen LogP contribution is -2.23. The van der Waals surface area contributed by atoms with Crippen LogP contribution in [0, 0.1) is 5.92 Å². The molecule has 0 aliphatic carbocycles. The Bertz CT molecular complexity index is 232. The molecule has 2 N–H and O–H groups in total. The first-order valence-electron chi connectivity index (χ1n) is 4.24. The highest BCUT2D eigenvalue weighted by atomic mass is 32.2. The van der Waals surface area contributed by atoms with E-state index in [0.29, 0.717) is 0 Å². The summed E-state index contributed by atoms with van der Waals surface area (Å²) >= 11 is 1.64. The Morgan fingerprint density at radius 3 is 2.54 bits per heavy atom. The third kappa shape index (κ3) is 2.83. The molecular weight excluding hydrogens is 186 g/mol. The molecule has 4 heteroatoms. The maximum absolute atomic E-state index is 8.98. The number of aliphatic imine (C=N–C) groups is 1. The van der Waals surface area contributed by atoms with Crippen molar-refractivity contribution < 1.29 is 10.2 Å². The monoisotopic (exact) mass is 201 g/mol. The minimum atomic E-state index is -0.179. The van der Waals surface area contributed by atoms with E-state index in [-0.39, 0.29) is 23.9 Å². The van der Waals surface area contributed by atoms with Gasteiger partial charge in [-0.05, 0) is 13.8 Å². The van der Waals surface area contributed by atoms with Gasteiger partial charge in [0.25, 0.3) is 0 Å². The molecule has 0 saturated carbocycles. The van der Waals surface area contributed by atoms with Crippen molar-refractivity contribution in [2.24, 2.45) is 10.9 Å². The third-order valence-electron chi connectivity index (χ3n) is 1.81. The average molecular weight is 201 g/mol. The van der Waals surface area contributed by atoms with Gasteiger partial charge in [-0.2, -0.15) is 0 Å². The van der Waals surface area contributed by atoms with Crippen molar-refractivity contribution in [3.05, 3.63) is 11.1 Å². The second-order valence-electron chi connectivity index (χ2n) is 3.58. The van der Waals surface area contributed by atoms with Gasteiger partial charge in [0.05, 0.1) is 13.2 Å². The molecule has 1 aliphatic heterocycles. The fraction of sp³-hybridized carbons (Fsp3) is 0.667. The molecular formula is C9H15NO2S. The SMILES string of the molecule is CC1(C)C=NC=C(C(CO)CO)S1. The van der Waals surface area contributed by atoms with Crippen LogP contribution in [0.25, 0.3) is 0 Å². The van der Waals surface area contributed by atoms with E-state index < -0.39 is 0 Å². The highest BCUT2D eigenvalue weighted by Crippen LogP contribution is 2.37. The zero-order valence-electron chi connectivity index (χ0n) is 7.90. The van der Waals surface area contributed by atoms with Crippen molar-refractivity contribution in [2.75, 3.05) is 13.2 Å². The Kier molecular flexibility index (Phi) is 3.53. The Hall–Kier alpha value is -0.320. The van der Waals surface area contributed by atoms with E-state index in [1.165, 1.54) is 0 Å². The third-order valence-corrected chi connectivity index (χ3v) is 3.12. The molecule has 0 unspecified atom stereocenters. The normalized spacial score (nSPS) is 20.5. The summed E-state index contributed by atoms with van der Waals surface area (Å²) < 4.78 is -0.0350. The van der Waals surface area contributed by atoms with Crippen LogP contribution in [-0.2, 0) is 0 Å². The summed E-state index contributed by atoms with van der Waals surface area (Å²) in [5.74, 6) is -0.179. The number of aliphatic hydroxyl groups is 2. The number of hydrogen-bond donors (Lipinski definition) is 2. The van der Waals surface area contributed by atoms with Crippen LogP contribution in [0.5, 0.6) is 0 Å². The van der Waals surface area contributed by atoms with Gasteiger partial charge in [0.2, 0.25) is 0 Å². The molecule has 0 amide bonds. The van der Waals surface area contributed by atoms with Crippen molar-refractivity contribution in [3.63, 3.8) is 0 Å². The van der Waals surface area contributed by atoms with Crippen molar-refractivity contribution in [1.82, 2.24) is 0 Å². The molecule has 0 aromatic rings. The molecule has 0 fully saturated rings. The van der Waals surface area contributed by atoms with Gasteiger partial charge in [-0.1, -0.05) is 0 Å². The highest BCUT2D eigenvalue weighted by molar-refractivity contribution is 8.05. The molecule has 0 bridgehead atoms. The van der Waals surface area contributed by atoms with Crippen molar-refractivity contribution in [3.8, 4) is 0 Å². The van der Waals surface area contributed by atoms with E-state index in [1.54, 1.807) is 18.0 Å². The number of thioether (sulfide) groups is 1. The Morgan fingerprint density at radius 2 is 2.08 bits per heavy atom. The first kappa shape index (κ1) is 10.8. The van der Waals surface area contributed by atoms with Gasteiger partial charge >= 0.3 is 0 Å². The van der Waals surface area contributed by atoms with Gasteiger partial charge in [0.1, 0.15) is 0 Å². The highest BCUT2D eigenvalue weighted by Gasteiger charge is 2.25. The Morgan fingerprint density at radius 1 is 1.46 bits per heavy atom. The maximum Gasteiger partial charge on any atom is 0.0527 e. The maximum atomic E-state index is 8.98. The molecule has 1 rings (SSSR count). The molecule has 0 aromatic carbocycles. The quantitative estimate of drug-likeness (QED) is 0.717. The summed E-state index contributed by atoms with van der Waals surface area (Å²) in [6.07, 6.45) is 3.58. The summed E-state index contributed by atoms with van der Waals surface area (Å²) in [5, 5.41) is 18.0. The van der Waals surface area contributed by atoms with E-state index in [4.69, 9.17) is 10.2 Å². The lowest BCUT2D eigenvalue weighted by atomic mass is 10.1. The number of aliphatic hydroxyl groups excluding tert-OH is 2. The van der Waals surface area contributed by atoms with Crippen LogP contribution in [-0.4, -0.2) is 34.4 Å². The standard InChI is InChI=1S/C9H15NO2S/c1-9(2)6-10-3-8(13-9)7(4-11)5-12/h3,6-7,11-12H,4-5H2,1-2H3. The number of rotatable bonds is 3. The van der Waals surface area contributed by atoms with E-state index in [9.17, 15) is 0 Å². The molecule has 1 aliphatic rings. The van der Waals surface area contributed by atoms with Crippen molar-refractivity contribution >= 4 is 18.0 Å². The Labute approximate surface area is 82.6 Å². The van der Waals surface area contributed by atoms with Crippen LogP contribution < -0.4 is 0 Å². The van der Waals surface area contributed by atoms with Crippen LogP contribution >= 0.6 is 11.8 Å². The van der Waals surface area contributed by atoms with Crippen molar-refractivity contribution in [1.29, 1.82) is 0 Å². The Balaban J connectivity index is 2.71. The van der Waals surface area contributed by atoms with Gasteiger partial charge in [0, 0.05) is 28.0 Å². The van der Waals surface area contributed by atoms with Crippen LogP contribution in [0.2, 0.25) is 0 Å². The number of nitrogens with zero attached hydrogens (tertiary/aromatic N) is 1. The largest absolute Gasteiger partial charge is 0.396 e. The summed E-state index contributed by atoms with van der Waals surface area (Å²) in [5.41, 5.74) is 0. The first-order chi connectivity index (χ1) is 6.09. The molecule has 3 nitrogen and oxygen atoms in total. The van der Waals surface area contributed by atoms with Crippen LogP contribution in [0.15, 0.2) is 16.1 Å². The van der Waals surface area contributed by atoms with Crippen LogP contribution in [0.1, 0.15) is 13.8 Å². The fourth-order valence-corrected chi connectivity index (χ4v) is 2.22. The molecule has 0 spiro atoms. The van der Waals surface area contributed by atoms with Gasteiger partial charge in [-0.15, -0.1) is 11.8 Å². The predicted molar refractivity (Wildman–Crippen MR) is 55.9 cm³/mol. The summed E-state index contributed by atoms with van der Waals surface area (Å²) in [6.45, 7) is 4.06. The lowest BCUT2D eigenvalue weighted by Gasteiger charge is -2.26. The predicted octanol–water partition coefficient (Wildman–Crippen LogP) is 1.02. The first-order valence-corrected chi connectivity index (χ1v) is 5.06. The summed E-state index contributed by atoms with van der Waals surface area (Å²) in [7, 11) is 0. The smallest absolute Gasteiger partial charge is 0.0527 e. The zero-order valence-corrected chi connectivity index (χ0v) is 8.71. The van der Waals surface area contributed by atoms with E-state index in [2.05, 4.69) is 18.8 Å². The average Bonchev–Trinajstić information content (AvgIpc) is 2.05. The molecule has 1 heterocycles. The van der Waals surface area contributed by atoms with Gasteiger partial charge in [-0.25, -0.2) is 0 Å². The van der Waals surface area contributed by atoms with Gasteiger partial charge in [0.15, 0.2) is 0 Å². The van der Waals surface area contributed by atoms with E-state index in [0.717, 1.165) is 4.91 Å². The second kappa shape index (κ2) is 4.26. The summed E-state index contributed by atoms with van der Waals surface area (Å²) in [6, 6.07) is 0. The molecule has 0 aromatic heterocycles. The minimum Gasteiger partial charge on any atom is -0.396 e. The molecule has 0 atom stereocenters. The second-order valence-corrected chi connectivity index (χ2v) is 5.30.